The van der Waals surface area contributed by atoms with E-state index in [4.69, 9.17) is 22.2 Å². The van der Waals surface area contributed by atoms with E-state index in [0.717, 1.165) is 102 Å². The van der Waals surface area contributed by atoms with Crippen molar-refractivity contribution in [3.05, 3.63) is 60.2 Å². The fourth-order valence-electron chi connectivity index (χ4n) is 5.55. The van der Waals surface area contributed by atoms with Gasteiger partial charge in [-0.2, -0.15) is 0 Å². The van der Waals surface area contributed by atoms with Gasteiger partial charge in [-0.15, -0.1) is 0 Å². The van der Waals surface area contributed by atoms with Crippen molar-refractivity contribution in [2.75, 3.05) is 18.0 Å². The largest absolute Gasteiger partial charge is 0.338 e. The first-order chi connectivity index (χ1) is 18.1. The highest BCUT2D eigenvalue weighted by atomic mass is 16.2. The lowest BCUT2D eigenvalue weighted by Crippen LogP contribution is -2.29. The highest BCUT2D eigenvalue weighted by molar-refractivity contribution is 6.26. The zero-order chi connectivity index (χ0) is 25.8. The normalized spacial score (nSPS) is 14.7. The van der Waals surface area contributed by atoms with Crippen molar-refractivity contribution in [2.45, 2.75) is 63.5 Å². The Hall–Kier alpha value is -3.26. The number of H-pyrrole nitrogens is 1. The van der Waals surface area contributed by atoms with Crippen molar-refractivity contribution >= 4 is 33.4 Å². The Bertz CT molecular complexity index is 1350. The second-order valence-electron chi connectivity index (χ2n) is 10.3. The van der Waals surface area contributed by atoms with E-state index < -0.39 is 0 Å². The number of nitrogens with two attached hydrogens (primary N) is 3. The molecule has 2 unspecified atom stereocenters. The lowest BCUT2D eigenvalue weighted by molar-refractivity contribution is 0.0992. The molecular weight excluding hydrogens is 460 g/mol. The van der Waals surface area contributed by atoms with Gasteiger partial charge in [-0.1, -0.05) is 37.1 Å². The summed E-state index contributed by atoms with van der Waals surface area (Å²) in [6.07, 6.45) is 7.96. The van der Waals surface area contributed by atoms with E-state index in [1.165, 1.54) is 0 Å². The van der Waals surface area contributed by atoms with Gasteiger partial charge < -0.3 is 27.1 Å². The molecule has 2 heterocycles. The molecule has 1 aliphatic rings. The smallest absolute Gasteiger partial charge is 0.258 e. The van der Waals surface area contributed by atoms with Crippen molar-refractivity contribution in [2.24, 2.45) is 17.2 Å². The Morgan fingerprint density at radius 1 is 0.811 bits per heavy atom. The summed E-state index contributed by atoms with van der Waals surface area (Å²) < 4.78 is 0. The Labute approximate surface area is 218 Å². The number of carbonyl (C=O) groups excluding carboxylic acids is 1. The zero-order valence-electron chi connectivity index (χ0n) is 21.5. The molecule has 1 aromatic heterocycles. The predicted molar refractivity (Wildman–Crippen MR) is 153 cm³/mol. The molecule has 4 aromatic rings. The number of para-hydroxylation sites is 2. The first-order valence-electron chi connectivity index (χ1n) is 13.6. The van der Waals surface area contributed by atoms with E-state index in [1.807, 2.05) is 41.3 Å². The predicted octanol–water partition coefficient (Wildman–Crippen LogP) is 5.08. The van der Waals surface area contributed by atoms with Crippen LogP contribution in [0.25, 0.3) is 33.2 Å². The zero-order valence-corrected chi connectivity index (χ0v) is 21.5. The van der Waals surface area contributed by atoms with Gasteiger partial charge in [0.2, 0.25) is 0 Å². The monoisotopic (exact) mass is 498 g/mol. The van der Waals surface area contributed by atoms with Crippen LogP contribution < -0.4 is 22.1 Å². The number of aromatic nitrogens is 2. The van der Waals surface area contributed by atoms with Crippen LogP contribution in [0.3, 0.4) is 0 Å². The number of aromatic amines is 1. The first-order valence-corrected chi connectivity index (χ1v) is 13.6. The number of anilines is 1. The summed E-state index contributed by atoms with van der Waals surface area (Å²) in [5.74, 6) is 0.889. The van der Waals surface area contributed by atoms with Crippen LogP contribution in [0.4, 0.5) is 5.69 Å². The number of fused-ring (bicyclic) bond motifs is 1. The minimum absolute atomic E-state index is 0.0689. The maximum Gasteiger partial charge on any atom is 0.258 e. The number of amides is 1. The van der Waals surface area contributed by atoms with E-state index in [1.54, 1.807) is 0 Å². The van der Waals surface area contributed by atoms with Crippen molar-refractivity contribution in [3.8, 4) is 11.4 Å². The number of benzene rings is 3. The number of carbonyl (C=O) groups is 1. The molecule has 0 radical (unpaired) electrons. The number of imidazole rings is 1. The standard InChI is InChI=1S/C30H38N6O/c31-18-4-3-8-20(32)9-5-10-21(33)11-7-19-36-27-17-16-23(22-12-6-13-24(28(22)27)30(36)37)29-34-25-14-1-2-15-26(25)35-29/h1-2,6,12-17,20-21H,3-5,7-11,18-19,31-33H2,(H,34,35). The number of hydrogen-bond acceptors (Lipinski definition) is 5. The van der Waals surface area contributed by atoms with Crippen molar-refractivity contribution in [3.63, 3.8) is 0 Å². The van der Waals surface area contributed by atoms with E-state index in [9.17, 15) is 4.79 Å². The summed E-state index contributed by atoms with van der Waals surface area (Å²) in [5, 5.41) is 2.06. The molecule has 3 aromatic carbocycles. The molecule has 1 amide bonds. The second-order valence-corrected chi connectivity index (χ2v) is 10.3. The van der Waals surface area contributed by atoms with Crippen molar-refractivity contribution in [1.82, 2.24) is 9.97 Å². The van der Waals surface area contributed by atoms with E-state index in [0.29, 0.717) is 6.54 Å². The van der Waals surface area contributed by atoms with Crippen LogP contribution in [0.5, 0.6) is 0 Å². The summed E-state index contributed by atoms with van der Waals surface area (Å²) in [5.41, 5.74) is 22.9. The van der Waals surface area contributed by atoms with Gasteiger partial charge in [0.05, 0.1) is 16.7 Å². The third kappa shape index (κ3) is 5.39. The van der Waals surface area contributed by atoms with E-state index in [2.05, 4.69) is 23.2 Å². The molecule has 7 N–H and O–H groups in total. The number of rotatable bonds is 13. The van der Waals surface area contributed by atoms with Crippen LogP contribution >= 0.6 is 0 Å². The molecule has 1 aliphatic heterocycles. The Morgan fingerprint density at radius 2 is 1.57 bits per heavy atom. The Morgan fingerprint density at radius 3 is 2.35 bits per heavy atom. The SMILES string of the molecule is NCCCCC(N)CCCC(N)CCCN1C(=O)c2cccc3c(-c4nc5ccccc5[nH]4)ccc1c23. The summed E-state index contributed by atoms with van der Waals surface area (Å²) in [7, 11) is 0. The van der Waals surface area contributed by atoms with Gasteiger partial charge in [-0.25, -0.2) is 4.98 Å². The molecule has 2 atom stereocenters. The first kappa shape index (κ1) is 25.4. The average molecular weight is 499 g/mol. The fourth-order valence-corrected chi connectivity index (χ4v) is 5.55. The number of nitrogens with one attached hydrogen (secondary N) is 1. The molecule has 37 heavy (non-hydrogen) atoms. The summed E-state index contributed by atoms with van der Waals surface area (Å²) >= 11 is 0. The maximum absolute atomic E-state index is 13.3. The molecule has 0 bridgehead atoms. The highest BCUT2D eigenvalue weighted by Gasteiger charge is 2.30. The molecule has 0 saturated carbocycles. The van der Waals surface area contributed by atoms with Crippen LogP contribution in [0.2, 0.25) is 0 Å². The molecule has 7 heteroatoms. The Balaban J connectivity index is 1.22. The van der Waals surface area contributed by atoms with Crippen LogP contribution in [-0.2, 0) is 0 Å². The summed E-state index contributed by atoms with van der Waals surface area (Å²) in [6.45, 7) is 1.40. The minimum Gasteiger partial charge on any atom is -0.338 e. The molecule has 5 rings (SSSR count). The summed E-state index contributed by atoms with van der Waals surface area (Å²) in [6, 6.07) is 18.5. The number of nitrogens with zero attached hydrogens (tertiary/aromatic N) is 2. The van der Waals surface area contributed by atoms with Gasteiger partial charge in [-0.05, 0) is 80.8 Å². The van der Waals surface area contributed by atoms with Gasteiger partial charge in [0.25, 0.3) is 5.91 Å². The molecule has 194 valence electrons. The van der Waals surface area contributed by atoms with Crippen LogP contribution in [0.1, 0.15) is 61.7 Å². The third-order valence-corrected chi connectivity index (χ3v) is 7.56. The van der Waals surface area contributed by atoms with Gasteiger partial charge in [0.1, 0.15) is 5.82 Å². The second kappa shape index (κ2) is 11.4. The van der Waals surface area contributed by atoms with Crippen molar-refractivity contribution < 1.29 is 4.79 Å². The average Bonchev–Trinajstić information content (AvgIpc) is 3.45. The molecular formula is C30H38N6O. The van der Waals surface area contributed by atoms with Crippen LogP contribution in [0, 0.1) is 0 Å². The molecule has 0 aliphatic carbocycles. The molecule has 0 spiro atoms. The number of hydrogen-bond donors (Lipinski definition) is 4. The van der Waals surface area contributed by atoms with Gasteiger partial charge in [0, 0.05) is 35.1 Å². The van der Waals surface area contributed by atoms with Crippen LogP contribution in [0.15, 0.2) is 54.6 Å². The lowest BCUT2D eigenvalue weighted by atomic mass is 10.00. The highest BCUT2D eigenvalue weighted by Crippen LogP contribution is 2.41. The minimum atomic E-state index is 0.0689. The topological polar surface area (TPSA) is 127 Å². The summed E-state index contributed by atoms with van der Waals surface area (Å²) in [4.78, 5) is 23.5. The molecule has 0 saturated heterocycles. The third-order valence-electron chi connectivity index (χ3n) is 7.56. The van der Waals surface area contributed by atoms with E-state index in [-0.39, 0.29) is 18.0 Å². The quantitative estimate of drug-likeness (QED) is 0.191. The van der Waals surface area contributed by atoms with Gasteiger partial charge in [0.15, 0.2) is 0 Å². The van der Waals surface area contributed by atoms with Gasteiger partial charge in [-0.3, -0.25) is 4.79 Å². The van der Waals surface area contributed by atoms with Crippen molar-refractivity contribution in [1.29, 1.82) is 0 Å². The Kier molecular flexibility index (Phi) is 7.84. The molecule has 0 fully saturated rings. The molecule has 7 nitrogen and oxygen atoms in total. The number of unbranched alkanes of at least 4 members (excludes halogenated alkanes) is 1. The van der Waals surface area contributed by atoms with Gasteiger partial charge >= 0.3 is 0 Å². The maximum atomic E-state index is 13.3. The fraction of sp³-hybridized carbons (Fsp3) is 0.400. The lowest BCUT2D eigenvalue weighted by Gasteiger charge is -2.20. The van der Waals surface area contributed by atoms with E-state index >= 15 is 0 Å². The van der Waals surface area contributed by atoms with Crippen LogP contribution in [-0.4, -0.2) is 41.0 Å².